The minimum Gasteiger partial charge on any atom is -0.449 e. The molecular weight excluding hydrogens is 304 g/mol. The number of nitrogens with one attached hydrogen (secondary N) is 1. The largest absolute Gasteiger partial charge is 0.449 e. The number of unbranched alkanes of at least 4 members (excludes halogenated alkanes) is 1. The van der Waals surface area contributed by atoms with Crippen molar-refractivity contribution in [2.45, 2.75) is 19.8 Å². The molecule has 0 bridgehead atoms. The number of piperazine rings is 1. The van der Waals surface area contributed by atoms with Crippen molar-refractivity contribution in [1.82, 2.24) is 14.9 Å². The summed E-state index contributed by atoms with van der Waals surface area (Å²) in [6.07, 6.45) is 1.63. The van der Waals surface area contributed by atoms with Crippen LogP contribution in [0.4, 0.5) is 22.2 Å². The third kappa shape index (κ3) is 3.79. The predicted octanol–water partition coefficient (Wildman–Crippen LogP) is 1.36. The maximum Gasteiger partial charge on any atom is 0.409 e. The molecular formula is C13H22N6O2S. The SMILES string of the molecule is CCCCOC(=O)N1CCN(c2[nH]c(N)nc(=S)c2N)CC1. The number of anilines is 3. The van der Waals surface area contributed by atoms with Gasteiger partial charge in [-0.1, -0.05) is 25.6 Å². The fourth-order valence-corrected chi connectivity index (χ4v) is 2.44. The number of nitrogens with zero attached hydrogens (tertiary/aromatic N) is 3. The molecule has 22 heavy (non-hydrogen) atoms. The zero-order valence-corrected chi connectivity index (χ0v) is 13.5. The van der Waals surface area contributed by atoms with Crippen LogP contribution in [0.5, 0.6) is 0 Å². The molecule has 0 aromatic carbocycles. The van der Waals surface area contributed by atoms with Gasteiger partial charge in [-0.15, -0.1) is 0 Å². The first-order chi connectivity index (χ1) is 10.5. The molecule has 8 nitrogen and oxygen atoms in total. The number of aromatic amines is 1. The summed E-state index contributed by atoms with van der Waals surface area (Å²) in [7, 11) is 0. The van der Waals surface area contributed by atoms with Gasteiger partial charge in [0.2, 0.25) is 0 Å². The van der Waals surface area contributed by atoms with Gasteiger partial charge in [-0.2, -0.15) is 0 Å². The molecule has 1 aromatic heterocycles. The lowest BCUT2D eigenvalue weighted by molar-refractivity contribution is 0.0989. The lowest BCUT2D eigenvalue weighted by atomic mass is 10.3. The van der Waals surface area contributed by atoms with Crippen LogP contribution in [0.1, 0.15) is 19.8 Å². The second-order valence-corrected chi connectivity index (χ2v) is 5.52. The Morgan fingerprint density at radius 2 is 2.05 bits per heavy atom. The second kappa shape index (κ2) is 7.30. The molecule has 0 unspecified atom stereocenters. The molecule has 1 aliphatic heterocycles. The summed E-state index contributed by atoms with van der Waals surface area (Å²) < 4.78 is 5.50. The highest BCUT2D eigenvalue weighted by atomic mass is 32.1. The van der Waals surface area contributed by atoms with Gasteiger partial charge in [0.15, 0.2) is 10.6 Å². The standard InChI is InChI=1S/C13H22N6O2S/c1-2-3-8-21-13(20)19-6-4-18(5-7-19)10-9(14)11(22)17-12(15)16-10/h2-8,14H2,1H3,(H3,15,16,17,22). The summed E-state index contributed by atoms with van der Waals surface area (Å²) in [6.45, 7) is 4.90. The zero-order chi connectivity index (χ0) is 16.1. The Morgan fingerprint density at radius 3 is 2.68 bits per heavy atom. The smallest absolute Gasteiger partial charge is 0.409 e. The third-order valence-electron chi connectivity index (χ3n) is 3.53. The lowest BCUT2D eigenvalue weighted by Gasteiger charge is -2.35. The van der Waals surface area contributed by atoms with E-state index in [4.69, 9.17) is 28.4 Å². The van der Waals surface area contributed by atoms with E-state index in [2.05, 4.69) is 16.9 Å². The minimum absolute atomic E-state index is 0.232. The van der Waals surface area contributed by atoms with Gasteiger partial charge < -0.3 is 31.0 Å². The summed E-state index contributed by atoms with van der Waals surface area (Å²) in [5, 5.41) is 0. The Bertz CT molecular complexity index is 582. The number of rotatable bonds is 4. The van der Waals surface area contributed by atoms with Crippen LogP contribution in [0.25, 0.3) is 0 Å². The minimum atomic E-state index is -0.261. The van der Waals surface area contributed by atoms with E-state index in [1.807, 2.05) is 4.90 Å². The highest BCUT2D eigenvalue weighted by molar-refractivity contribution is 7.71. The average molecular weight is 326 g/mol. The van der Waals surface area contributed by atoms with E-state index in [0.29, 0.717) is 44.3 Å². The van der Waals surface area contributed by atoms with E-state index in [0.717, 1.165) is 12.8 Å². The third-order valence-corrected chi connectivity index (χ3v) is 3.84. The number of carbonyl (C=O) groups is 1. The fraction of sp³-hybridized carbons (Fsp3) is 0.615. The van der Waals surface area contributed by atoms with Crippen molar-refractivity contribution >= 4 is 35.8 Å². The molecule has 5 N–H and O–H groups in total. The number of hydrogen-bond acceptors (Lipinski definition) is 7. The second-order valence-electron chi connectivity index (χ2n) is 5.13. The fourth-order valence-electron chi connectivity index (χ4n) is 2.24. The number of nitrogens with two attached hydrogens (primary N) is 2. The van der Waals surface area contributed by atoms with Gasteiger partial charge in [0.25, 0.3) is 0 Å². The molecule has 1 amide bonds. The Morgan fingerprint density at radius 1 is 1.36 bits per heavy atom. The van der Waals surface area contributed by atoms with E-state index in [1.54, 1.807) is 4.90 Å². The zero-order valence-electron chi connectivity index (χ0n) is 12.7. The van der Waals surface area contributed by atoms with Crippen LogP contribution in [-0.2, 0) is 4.74 Å². The average Bonchev–Trinajstić information content (AvgIpc) is 2.51. The van der Waals surface area contributed by atoms with Crippen molar-refractivity contribution < 1.29 is 9.53 Å². The number of hydrogen-bond donors (Lipinski definition) is 3. The van der Waals surface area contributed by atoms with E-state index in [1.165, 1.54) is 0 Å². The Hall–Kier alpha value is -2.03. The van der Waals surface area contributed by atoms with Crippen molar-refractivity contribution in [3.63, 3.8) is 0 Å². The highest BCUT2D eigenvalue weighted by Gasteiger charge is 2.24. The molecule has 1 fully saturated rings. The van der Waals surface area contributed by atoms with E-state index in [-0.39, 0.29) is 16.7 Å². The van der Waals surface area contributed by atoms with Crippen molar-refractivity contribution in [2.24, 2.45) is 0 Å². The summed E-state index contributed by atoms with van der Waals surface area (Å²) >= 11 is 5.07. The van der Waals surface area contributed by atoms with Gasteiger partial charge in [-0.05, 0) is 6.42 Å². The van der Waals surface area contributed by atoms with E-state index < -0.39 is 0 Å². The van der Waals surface area contributed by atoms with Crippen LogP contribution >= 0.6 is 12.2 Å². The molecule has 1 aliphatic rings. The van der Waals surface area contributed by atoms with Gasteiger partial charge in [-0.3, -0.25) is 0 Å². The summed E-state index contributed by atoms with van der Waals surface area (Å²) in [4.78, 5) is 22.5. The van der Waals surface area contributed by atoms with Crippen LogP contribution in [0.3, 0.4) is 0 Å². The Balaban J connectivity index is 1.95. The molecule has 9 heteroatoms. The molecule has 2 rings (SSSR count). The molecule has 122 valence electrons. The van der Waals surface area contributed by atoms with E-state index in [9.17, 15) is 4.79 Å². The van der Waals surface area contributed by atoms with Gasteiger partial charge in [0.05, 0.1) is 6.61 Å². The Labute approximate surface area is 134 Å². The summed E-state index contributed by atoms with van der Waals surface area (Å²) in [5.41, 5.74) is 12.0. The number of carbonyl (C=O) groups excluding carboxylic acids is 1. The van der Waals surface area contributed by atoms with Crippen molar-refractivity contribution in [2.75, 3.05) is 49.2 Å². The van der Waals surface area contributed by atoms with Crippen molar-refractivity contribution in [1.29, 1.82) is 0 Å². The Kier molecular flexibility index (Phi) is 5.42. The number of aromatic nitrogens is 2. The van der Waals surface area contributed by atoms with Crippen LogP contribution in [0.2, 0.25) is 0 Å². The van der Waals surface area contributed by atoms with Crippen LogP contribution in [0.15, 0.2) is 0 Å². The van der Waals surface area contributed by atoms with Gasteiger partial charge in [0.1, 0.15) is 11.5 Å². The van der Waals surface area contributed by atoms with Crippen LogP contribution in [0, 0.1) is 4.64 Å². The molecule has 1 aromatic rings. The number of amides is 1. The quantitative estimate of drug-likeness (QED) is 0.565. The predicted molar refractivity (Wildman–Crippen MR) is 88.3 cm³/mol. The van der Waals surface area contributed by atoms with Gasteiger partial charge >= 0.3 is 6.09 Å². The van der Waals surface area contributed by atoms with E-state index >= 15 is 0 Å². The molecule has 0 radical (unpaired) electrons. The lowest BCUT2D eigenvalue weighted by Crippen LogP contribution is -2.49. The number of H-pyrrole nitrogens is 1. The first kappa shape index (κ1) is 16.3. The molecule has 0 aliphatic carbocycles. The van der Waals surface area contributed by atoms with Crippen molar-refractivity contribution in [3.8, 4) is 0 Å². The normalized spacial score (nSPS) is 15.0. The number of ether oxygens (including phenoxy) is 1. The molecule has 0 saturated carbocycles. The monoisotopic (exact) mass is 326 g/mol. The molecule has 2 heterocycles. The maximum absolute atomic E-state index is 11.9. The summed E-state index contributed by atoms with van der Waals surface area (Å²) in [5.74, 6) is 0.895. The summed E-state index contributed by atoms with van der Waals surface area (Å²) in [6, 6.07) is 0. The maximum atomic E-state index is 11.9. The topological polar surface area (TPSA) is 114 Å². The van der Waals surface area contributed by atoms with Gasteiger partial charge in [-0.25, -0.2) is 9.78 Å². The van der Waals surface area contributed by atoms with Gasteiger partial charge in [0, 0.05) is 26.2 Å². The van der Waals surface area contributed by atoms with Crippen LogP contribution < -0.4 is 16.4 Å². The number of nitrogen functional groups attached to an aromatic ring is 2. The molecule has 0 atom stereocenters. The first-order valence-electron chi connectivity index (χ1n) is 7.34. The molecule has 1 saturated heterocycles. The van der Waals surface area contributed by atoms with Crippen LogP contribution in [-0.4, -0.2) is 53.7 Å². The molecule has 0 spiro atoms. The first-order valence-corrected chi connectivity index (χ1v) is 7.75. The van der Waals surface area contributed by atoms with Crippen molar-refractivity contribution in [3.05, 3.63) is 4.64 Å². The highest BCUT2D eigenvalue weighted by Crippen LogP contribution is 2.23.